The molecule has 1 aliphatic rings. The van der Waals surface area contributed by atoms with Gasteiger partial charge >= 0.3 is 5.97 Å². The Balaban J connectivity index is 2.93. The molecule has 2 unspecified atom stereocenters. The molecular formula is C21H36O3. The van der Waals surface area contributed by atoms with Crippen molar-refractivity contribution in [1.82, 2.24) is 0 Å². The first-order chi connectivity index (χ1) is 11.5. The quantitative estimate of drug-likeness (QED) is 0.471. The van der Waals surface area contributed by atoms with Gasteiger partial charge in [0.1, 0.15) is 0 Å². The summed E-state index contributed by atoms with van der Waals surface area (Å²) >= 11 is 0. The van der Waals surface area contributed by atoms with Crippen molar-refractivity contribution < 1.29 is 14.6 Å². The van der Waals surface area contributed by atoms with Crippen LogP contribution in [-0.2, 0) is 9.53 Å². The van der Waals surface area contributed by atoms with Gasteiger partial charge in [-0.2, -0.15) is 0 Å². The van der Waals surface area contributed by atoms with Gasteiger partial charge in [-0.15, -0.1) is 0 Å². The summed E-state index contributed by atoms with van der Waals surface area (Å²) in [4.78, 5) is 12.3. The fraction of sp³-hybridized carbons (Fsp3) is 0.762. The molecule has 0 amide bonds. The molecule has 0 aliphatic heterocycles. The van der Waals surface area contributed by atoms with Crippen molar-refractivity contribution in [3.05, 3.63) is 23.8 Å². The van der Waals surface area contributed by atoms with Gasteiger partial charge in [0.25, 0.3) is 0 Å². The highest BCUT2D eigenvalue weighted by Gasteiger charge is 2.45. The van der Waals surface area contributed by atoms with Crippen LogP contribution >= 0.6 is 0 Å². The second kappa shape index (κ2) is 10.7. The average Bonchev–Trinajstić information content (AvgIpc) is 2.55. The van der Waals surface area contributed by atoms with Crippen molar-refractivity contribution in [1.29, 1.82) is 0 Å². The lowest BCUT2D eigenvalue weighted by Crippen LogP contribution is -2.39. The lowest BCUT2D eigenvalue weighted by atomic mass is 9.64. The van der Waals surface area contributed by atoms with Crippen LogP contribution in [0.5, 0.6) is 0 Å². The number of hydrogen-bond acceptors (Lipinski definition) is 2. The lowest BCUT2D eigenvalue weighted by molar-refractivity contribution is -0.149. The van der Waals surface area contributed by atoms with Crippen molar-refractivity contribution in [2.75, 3.05) is 13.7 Å². The molecule has 1 aliphatic carbocycles. The molecule has 0 bridgehead atoms. The van der Waals surface area contributed by atoms with Crippen molar-refractivity contribution in [3.8, 4) is 0 Å². The molecule has 1 rings (SSSR count). The Bertz CT molecular complexity index is 436. The molecule has 0 radical (unpaired) electrons. The molecule has 0 aromatic carbocycles. The van der Waals surface area contributed by atoms with E-state index in [0.29, 0.717) is 12.5 Å². The number of aliphatic carboxylic acids is 1. The number of ether oxygens (including phenoxy) is 1. The third kappa shape index (κ3) is 5.77. The van der Waals surface area contributed by atoms with Crippen molar-refractivity contribution >= 4 is 5.97 Å². The molecule has 24 heavy (non-hydrogen) atoms. The Morgan fingerprint density at radius 1 is 1.33 bits per heavy atom. The predicted octanol–water partition coefficient (Wildman–Crippen LogP) is 5.61. The molecule has 0 saturated heterocycles. The number of unbranched alkanes of at least 4 members (excludes halogenated alkanes) is 2. The minimum absolute atomic E-state index is 0.106. The summed E-state index contributed by atoms with van der Waals surface area (Å²) in [5, 5.41) is 10.1. The van der Waals surface area contributed by atoms with Crippen LogP contribution in [-0.4, -0.2) is 24.8 Å². The standard InChI is InChI=1S/C21H36O3/c1-5-6-12-19-18(13-16-24-4)11-9-15-21(19,20(22)23)14-8-7-10-17(2)3/h9,11,15,17,19H,5-8,10,12-14,16H2,1-4H3,(H,22,23). The zero-order valence-corrected chi connectivity index (χ0v) is 16.0. The number of hydrogen-bond donors (Lipinski definition) is 1. The first-order valence-corrected chi connectivity index (χ1v) is 9.58. The van der Waals surface area contributed by atoms with Gasteiger partial charge in [-0.3, -0.25) is 4.79 Å². The van der Waals surface area contributed by atoms with Gasteiger partial charge in [0.15, 0.2) is 0 Å². The zero-order chi connectivity index (χ0) is 18.0. The summed E-state index contributed by atoms with van der Waals surface area (Å²) in [7, 11) is 1.70. The summed E-state index contributed by atoms with van der Waals surface area (Å²) in [5.74, 6) is 0.127. The van der Waals surface area contributed by atoms with Gasteiger partial charge in [-0.25, -0.2) is 0 Å². The van der Waals surface area contributed by atoms with Gasteiger partial charge < -0.3 is 9.84 Å². The fourth-order valence-electron chi connectivity index (χ4n) is 3.79. The smallest absolute Gasteiger partial charge is 0.314 e. The molecule has 138 valence electrons. The van der Waals surface area contributed by atoms with Crippen LogP contribution in [0.3, 0.4) is 0 Å². The predicted molar refractivity (Wildman–Crippen MR) is 100 cm³/mol. The minimum atomic E-state index is -0.732. The fourth-order valence-corrected chi connectivity index (χ4v) is 3.79. The maximum absolute atomic E-state index is 12.3. The Morgan fingerprint density at radius 2 is 2.08 bits per heavy atom. The number of methoxy groups -OCH3 is 1. The van der Waals surface area contributed by atoms with E-state index >= 15 is 0 Å². The van der Waals surface area contributed by atoms with Crippen LogP contribution in [0.15, 0.2) is 23.8 Å². The van der Waals surface area contributed by atoms with E-state index in [4.69, 9.17) is 4.74 Å². The molecule has 0 aromatic heterocycles. The molecule has 3 nitrogen and oxygen atoms in total. The van der Waals surface area contributed by atoms with Crippen LogP contribution in [0, 0.1) is 17.3 Å². The number of carbonyl (C=O) groups is 1. The van der Waals surface area contributed by atoms with Gasteiger partial charge in [-0.05, 0) is 31.1 Å². The van der Waals surface area contributed by atoms with E-state index in [9.17, 15) is 9.90 Å². The third-order valence-corrected chi connectivity index (χ3v) is 5.23. The number of rotatable bonds is 12. The SMILES string of the molecule is CCCCC1C(CCOC)=CC=CC1(CCCCC(C)C)C(=O)O. The van der Waals surface area contributed by atoms with E-state index in [2.05, 4.69) is 26.8 Å². The normalized spacial score (nSPS) is 23.5. The molecule has 0 spiro atoms. The van der Waals surface area contributed by atoms with Crippen molar-refractivity contribution in [2.45, 2.75) is 72.1 Å². The lowest BCUT2D eigenvalue weighted by Gasteiger charge is -2.39. The first-order valence-electron chi connectivity index (χ1n) is 9.58. The van der Waals surface area contributed by atoms with E-state index in [1.807, 2.05) is 12.2 Å². The Hall–Kier alpha value is -1.09. The maximum atomic E-state index is 12.3. The molecule has 1 N–H and O–H groups in total. The van der Waals surface area contributed by atoms with Crippen LogP contribution in [0.4, 0.5) is 0 Å². The van der Waals surface area contributed by atoms with Crippen molar-refractivity contribution in [3.63, 3.8) is 0 Å². The van der Waals surface area contributed by atoms with Crippen molar-refractivity contribution in [2.24, 2.45) is 17.3 Å². The number of allylic oxidation sites excluding steroid dienone is 2. The van der Waals surface area contributed by atoms with Crippen LogP contribution in [0.2, 0.25) is 0 Å². The van der Waals surface area contributed by atoms with E-state index in [1.165, 1.54) is 12.0 Å². The summed E-state index contributed by atoms with van der Waals surface area (Å²) in [6, 6.07) is 0. The maximum Gasteiger partial charge on any atom is 0.314 e. The van der Waals surface area contributed by atoms with E-state index < -0.39 is 11.4 Å². The van der Waals surface area contributed by atoms with E-state index in [1.54, 1.807) is 7.11 Å². The number of carboxylic acids is 1. The Kier molecular flexibility index (Phi) is 9.35. The van der Waals surface area contributed by atoms with Gasteiger partial charge in [0.2, 0.25) is 0 Å². The number of carboxylic acid groups (broad SMARTS) is 1. The molecule has 3 heteroatoms. The summed E-state index contributed by atoms with van der Waals surface area (Å²) in [6.45, 7) is 7.28. The second-order valence-electron chi connectivity index (χ2n) is 7.52. The first kappa shape index (κ1) is 21.0. The summed E-state index contributed by atoms with van der Waals surface area (Å²) in [6.07, 6.45) is 14.0. The Morgan fingerprint density at radius 3 is 2.67 bits per heavy atom. The summed E-state index contributed by atoms with van der Waals surface area (Å²) < 4.78 is 5.24. The average molecular weight is 337 g/mol. The largest absolute Gasteiger partial charge is 0.481 e. The van der Waals surface area contributed by atoms with Gasteiger partial charge in [0.05, 0.1) is 5.41 Å². The third-order valence-electron chi connectivity index (χ3n) is 5.23. The van der Waals surface area contributed by atoms with Crippen LogP contribution in [0.1, 0.15) is 72.1 Å². The van der Waals surface area contributed by atoms with E-state index in [-0.39, 0.29) is 5.92 Å². The highest BCUT2D eigenvalue weighted by Crippen LogP contribution is 2.46. The molecule has 0 saturated carbocycles. The topological polar surface area (TPSA) is 46.5 Å². The highest BCUT2D eigenvalue weighted by molar-refractivity contribution is 5.79. The minimum Gasteiger partial charge on any atom is -0.481 e. The summed E-state index contributed by atoms with van der Waals surface area (Å²) in [5.41, 5.74) is 0.517. The van der Waals surface area contributed by atoms with E-state index in [0.717, 1.165) is 44.9 Å². The van der Waals surface area contributed by atoms with Crippen LogP contribution < -0.4 is 0 Å². The van der Waals surface area contributed by atoms with Gasteiger partial charge in [0, 0.05) is 13.7 Å². The molecule has 0 fully saturated rings. The molecule has 0 heterocycles. The monoisotopic (exact) mass is 336 g/mol. The van der Waals surface area contributed by atoms with Crippen LogP contribution in [0.25, 0.3) is 0 Å². The molecule has 2 atom stereocenters. The van der Waals surface area contributed by atoms with Gasteiger partial charge in [-0.1, -0.05) is 76.7 Å². The second-order valence-corrected chi connectivity index (χ2v) is 7.52. The molecular weight excluding hydrogens is 300 g/mol. The zero-order valence-electron chi connectivity index (χ0n) is 16.0. The Labute approximate surface area is 148 Å². The molecule has 0 aromatic rings. The highest BCUT2D eigenvalue weighted by atomic mass is 16.5.